The second kappa shape index (κ2) is 7.20. The number of nitrogens with two attached hydrogens (primary N) is 1. The second-order valence-corrected chi connectivity index (χ2v) is 6.14. The van der Waals surface area contributed by atoms with Crippen LogP contribution in [0.25, 0.3) is 0 Å². The Kier molecular flexibility index (Phi) is 5.50. The number of carbonyl (C=O) groups is 1. The molecule has 2 heterocycles. The summed E-state index contributed by atoms with van der Waals surface area (Å²) in [5.41, 5.74) is 9.07. The van der Waals surface area contributed by atoms with Gasteiger partial charge in [-0.15, -0.1) is 12.4 Å². The van der Waals surface area contributed by atoms with Crippen LogP contribution < -0.4 is 5.73 Å². The van der Waals surface area contributed by atoms with E-state index in [0.29, 0.717) is 18.4 Å². The van der Waals surface area contributed by atoms with E-state index in [1.807, 2.05) is 53.8 Å². The molecule has 5 heteroatoms. The van der Waals surface area contributed by atoms with E-state index in [1.165, 1.54) is 5.56 Å². The molecule has 0 saturated carbocycles. The van der Waals surface area contributed by atoms with Crippen molar-refractivity contribution in [3.05, 3.63) is 59.4 Å². The molecule has 0 bridgehead atoms. The highest BCUT2D eigenvalue weighted by Gasteiger charge is 2.36. The zero-order chi connectivity index (χ0) is 15.7. The minimum Gasteiger partial charge on any atom is -0.344 e. The molecule has 23 heavy (non-hydrogen) atoms. The molecule has 0 unspecified atom stereocenters. The van der Waals surface area contributed by atoms with E-state index in [2.05, 4.69) is 12.1 Å². The lowest BCUT2D eigenvalue weighted by Gasteiger charge is -2.17. The van der Waals surface area contributed by atoms with E-state index in [-0.39, 0.29) is 18.3 Å². The number of amides is 1. The van der Waals surface area contributed by atoms with Gasteiger partial charge in [0.15, 0.2) is 0 Å². The Labute approximate surface area is 143 Å². The number of nitrogens with zero attached hydrogens (tertiary/aromatic N) is 2. The van der Waals surface area contributed by atoms with Gasteiger partial charge in [-0.2, -0.15) is 0 Å². The van der Waals surface area contributed by atoms with Gasteiger partial charge in [-0.1, -0.05) is 30.3 Å². The number of halogens is 1. The Morgan fingerprint density at radius 2 is 1.87 bits per heavy atom. The molecule has 0 aliphatic carbocycles. The third-order valence-corrected chi connectivity index (χ3v) is 4.85. The number of likely N-dealkylation sites (tertiary alicyclic amines) is 1. The summed E-state index contributed by atoms with van der Waals surface area (Å²) in [7, 11) is 1.94. The Hall–Kier alpha value is -1.78. The third-order valence-electron chi connectivity index (χ3n) is 4.85. The summed E-state index contributed by atoms with van der Waals surface area (Å²) in [6.45, 7) is 4.10. The van der Waals surface area contributed by atoms with Gasteiger partial charge in [0.1, 0.15) is 5.69 Å². The third kappa shape index (κ3) is 3.28. The minimum atomic E-state index is 0. The highest BCUT2D eigenvalue weighted by atomic mass is 35.5. The van der Waals surface area contributed by atoms with Crippen LogP contribution in [0.1, 0.15) is 27.7 Å². The van der Waals surface area contributed by atoms with Gasteiger partial charge in [0.05, 0.1) is 0 Å². The van der Waals surface area contributed by atoms with Crippen molar-refractivity contribution < 1.29 is 4.79 Å². The van der Waals surface area contributed by atoms with E-state index in [4.69, 9.17) is 5.73 Å². The number of carbonyl (C=O) groups excluding carboxylic acids is 1. The predicted octanol–water partition coefficient (Wildman–Crippen LogP) is 2.57. The van der Waals surface area contributed by atoms with Crippen LogP contribution in [0.4, 0.5) is 0 Å². The zero-order valence-electron chi connectivity index (χ0n) is 13.6. The first-order chi connectivity index (χ1) is 10.6. The molecule has 1 aromatic heterocycles. The van der Waals surface area contributed by atoms with Gasteiger partial charge in [0.2, 0.25) is 0 Å². The molecule has 0 spiro atoms. The first-order valence-corrected chi connectivity index (χ1v) is 7.78. The number of hydrogen-bond acceptors (Lipinski definition) is 2. The number of aryl methyl sites for hydroxylation is 1. The number of rotatable bonds is 3. The maximum atomic E-state index is 12.8. The maximum absolute atomic E-state index is 12.8. The molecule has 1 aliphatic heterocycles. The summed E-state index contributed by atoms with van der Waals surface area (Å²) in [6.07, 6.45) is 0. The van der Waals surface area contributed by atoms with Gasteiger partial charge >= 0.3 is 0 Å². The highest BCUT2D eigenvalue weighted by Crippen LogP contribution is 2.32. The van der Waals surface area contributed by atoms with Crippen LogP contribution in [-0.2, 0) is 7.05 Å². The molecular formula is C18H24ClN3O. The summed E-state index contributed by atoms with van der Waals surface area (Å²) >= 11 is 0. The molecule has 2 aromatic rings. The fourth-order valence-corrected chi connectivity index (χ4v) is 3.34. The minimum absolute atomic E-state index is 0. The van der Waals surface area contributed by atoms with Gasteiger partial charge in [0.25, 0.3) is 5.91 Å². The number of aromatic nitrogens is 1. The van der Waals surface area contributed by atoms with Crippen molar-refractivity contribution in [2.45, 2.75) is 12.8 Å². The summed E-state index contributed by atoms with van der Waals surface area (Å²) in [4.78, 5) is 14.7. The van der Waals surface area contributed by atoms with Crippen molar-refractivity contribution in [3.8, 4) is 0 Å². The van der Waals surface area contributed by atoms with Crippen molar-refractivity contribution in [3.63, 3.8) is 0 Å². The molecule has 1 aliphatic rings. The molecule has 3 rings (SSSR count). The van der Waals surface area contributed by atoms with E-state index in [0.717, 1.165) is 24.5 Å². The van der Waals surface area contributed by atoms with Crippen LogP contribution in [0.15, 0.2) is 42.5 Å². The topological polar surface area (TPSA) is 51.3 Å². The van der Waals surface area contributed by atoms with Crippen LogP contribution in [0.2, 0.25) is 0 Å². The summed E-state index contributed by atoms with van der Waals surface area (Å²) in [6, 6.07) is 14.3. The molecule has 2 N–H and O–H groups in total. The first kappa shape index (κ1) is 17.6. The normalized spacial score (nSPS) is 20.4. The van der Waals surface area contributed by atoms with E-state index in [9.17, 15) is 4.79 Å². The largest absolute Gasteiger partial charge is 0.344 e. The van der Waals surface area contributed by atoms with Crippen LogP contribution in [-0.4, -0.2) is 35.0 Å². The molecular weight excluding hydrogens is 310 g/mol. The van der Waals surface area contributed by atoms with E-state index < -0.39 is 0 Å². The van der Waals surface area contributed by atoms with E-state index in [1.54, 1.807) is 0 Å². The van der Waals surface area contributed by atoms with Crippen molar-refractivity contribution in [2.75, 3.05) is 19.6 Å². The number of hydrogen-bond donors (Lipinski definition) is 1. The average molecular weight is 334 g/mol. The van der Waals surface area contributed by atoms with Crippen molar-refractivity contribution in [1.29, 1.82) is 0 Å². The quantitative estimate of drug-likeness (QED) is 0.938. The van der Waals surface area contributed by atoms with Gasteiger partial charge in [-0.3, -0.25) is 4.79 Å². The van der Waals surface area contributed by atoms with Crippen LogP contribution in [0.5, 0.6) is 0 Å². The molecule has 4 nitrogen and oxygen atoms in total. The molecule has 1 fully saturated rings. The molecule has 1 aromatic carbocycles. The molecule has 0 radical (unpaired) electrons. The van der Waals surface area contributed by atoms with Crippen molar-refractivity contribution >= 4 is 18.3 Å². The van der Waals surface area contributed by atoms with E-state index >= 15 is 0 Å². The molecule has 124 valence electrons. The second-order valence-electron chi connectivity index (χ2n) is 6.14. The molecule has 1 amide bonds. The predicted molar refractivity (Wildman–Crippen MR) is 95.0 cm³/mol. The van der Waals surface area contributed by atoms with Crippen molar-refractivity contribution in [2.24, 2.45) is 18.7 Å². The lowest BCUT2D eigenvalue weighted by molar-refractivity contribution is 0.0776. The summed E-state index contributed by atoms with van der Waals surface area (Å²) < 4.78 is 1.95. The Balaban J connectivity index is 0.00000192. The summed E-state index contributed by atoms with van der Waals surface area (Å²) in [5.74, 6) is 0.761. The standard InChI is InChI=1S/C18H23N3O.ClH/c1-13-8-9-17(20(13)2)18(22)21-11-15(10-19)16(12-21)14-6-4-3-5-7-14;/h3-9,15-16H,10-12,19H2,1-2H3;1H/t15-,16+;/m1./s1. The lowest BCUT2D eigenvalue weighted by Crippen LogP contribution is -2.31. The smallest absolute Gasteiger partial charge is 0.270 e. The van der Waals surface area contributed by atoms with Gasteiger partial charge in [-0.25, -0.2) is 0 Å². The fourth-order valence-electron chi connectivity index (χ4n) is 3.34. The number of benzene rings is 1. The molecule has 1 saturated heterocycles. The summed E-state index contributed by atoms with van der Waals surface area (Å²) in [5, 5.41) is 0. The SMILES string of the molecule is Cc1ccc(C(=O)N2C[C@@H](CN)[C@H](c3ccccc3)C2)n1C.Cl. The van der Waals surface area contributed by atoms with Crippen LogP contribution >= 0.6 is 12.4 Å². The Morgan fingerprint density at radius 1 is 1.17 bits per heavy atom. The van der Waals surface area contributed by atoms with Crippen LogP contribution in [0, 0.1) is 12.8 Å². The average Bonchev–Trinajstić information content (AvgIpc) is 3.12. The molecule has 2 atom stereocenters. The first-order valence-electron chi connectivity index (χ1n) is 7.78. The fraction of sp³-hybridized carbons (Fsp3) is 0.389. The van der Waals surface area contributed by atoms with Gasteiger partial charge < -0.3 is 15.2 Å². The van der Waals surface area contributed by atoms with Crippen molar-refractivity contribution in [1.82, 2.24) is 9.47 Å². The lowest BCUT2D eigenvalue weighted by atomic mass is 9.89. The van der Waals surface area contributed by atoms with Gasteiger partial charge in [0, 0.05) is 31.7 Å². The highest BCUT2D eigenvalue weighted by molar-refractivity contribution is 5.93. The Morgan fingerprint density at radius 3 is 2.43 bits per heavy atom. The Bertz CT molecular complexity index is 668. The zero-order valence-corrected chi connectivity index (χ0v) is 14.4. The maximum Gasteiger partial charge on any atom is 0.270 e. The van der Waals surface area contributed by atoms with Gasteiger partial charge in [-0.05, 0) is 37.1 Å². The monoisotopic (exact) mass is 333 g/mol. The van der Waals surface area contributed by atoms with Crippen LogP contribution in [0.3, 0.4) is 0 Å².